The quantitative estimate of drug-likeness (QED) is 0.887. The summed E-state index contributed by atoms with van der Waals surface area (Å²) in [5.41, 5.74) is 6.35. The Morgan fingerprint density at radius 1 is 1.42 bits per heavy atom. The van der Waals surface area contributed by atoms with Gasteiger partial charge in [0.05, 0.1) is 6.54 Å². The molecule has 1 aromatic rings. The second-order valence-electron chi connectivity index (χ2n) is 6.03. The van der Waals surface area contributed by atoms with E-state index < -0.39 is 0 Å². The third-order valence-corrected chi connectivity index (χ3v) is 4.97. The van der Waals surface area contributed by atoms with Crippen LogP contribution in [-0.4, -0.2) is 24.0 Å². The van der Waals surface area contributed by atoms with Crippen molar-refractivity contribution in [1.82, 2.24) is 4.90 Å². The highest BCUT2D eigenvalue weighted by Gasteiger charge is 2.41. The second-order valence-corrected chi connectivity index (χ2v) is 6.03. The number of likely N-dealkylation sites (N-methyl/N-ethyl adjacent to an activating group) is 1. The van der Waals surface area contributed by atoms with Crippen molar-refractivity contribution in [3.05, 3.63) is 23.7 Å². The lowest BCUT2D eigenvalue weighted by atomic mass is 9.70. The van der Waals surface area contributed by atoms with E-state index in [4.69, 9.17) is 10.2 Å². The zero-order chi connectivity index (χ0) is 13.9. The van der Waals surface area contributed by atoms with Gasteiger partial charge in [0.25, 0.3) is 0 Å². The average molecular weight is 264 g/mol. The molecule has 0 aliphatic heterocycles. The number of hydrogen-bond acceptors (Lipinski definition) is 3. The van der Waals surface area contributed by atoms with Crippen LogP contribution < -0.4 is 5.73 Å². The lowest BCUT2D eigenvalue weighted by Gasteiger charge is -2.49. The fourth-order valence-electron chi connectivity index (χ4n) is 3.77. The zero-order valence-corrected chi connectivity index (χ0v) is 12.6. The van der Waals surface area contributed by atoms with Crippen LogP contribution in [-0.2, 0) is 6.54 Å². The van der Waals surface area contributed by atoms with Crippen molar-refractivity contribution in [1.29, 1.82) is 0 Å². The Hall–Kier alpha value is -0.800. The van der Waals surface area contributed by atoms with E-state index in [1.54, 1.807) is 0 Å². The summed E-state index contributed by atoms with van der Waals surface area (Å²) in [5, 5.41) is 0. The number of nitrogens with two attached hydrogens (primary N) is 1. The third kappa shape index (κ3) is 2.87. The van der Waals surface area contributed by atoms with Crippen molar-refractivity contribution in [3.8, 4) is 0 Å². The molecule has 3 nitrogen and oxygen atoms in total. The van der Waals surface area contributed by atoms with E-state index in [-0.39, 0.29) is 5.54 Å². The molecule has 108 valence electrons. The molecule has 0 saturated heterocycles. The molecule has 2 N–H and O–H groups in total. The number of furan rings is 1. The molecule has 2 atom stereocenters. The van der Waals surface area contributed by atoms with Crippen molar-refractivity contribution < 1.29 is 4.42 Å². The summed E-state index contributed by atoms with van der Waals surface area (Å²) in [6.07, 6.45) is 6.41. The van der Waals surface area contributed by atoms with Gasteiger partial charge in [-0.1, -0.05) is 26.2 Å². The van der Waals surface area contributed by atoms with Crippen molar-refractivity contribution in [2.75, 3.05) is 13.6 Å². The molecule has 0 aromatic carbocycles. The van der Waals surface area contributed by atoms with Gasteiger partial charge < -0.3 is 10.2 Å². The molecule has 1 saturated carbocycles. The highest BCUT2D eigenvalue weighted by atomic mass is 16.3. The highest BCUT2D eigenvalue weighted by Crippen LogP contribution is 2.39. The molecule has 1 aliphatic carbocycles. The summed E-state index contributed by atoms with van der Waals surface area (Å²) in [4.78, 5) is 2.44. The maximum atomic E-state index is 6.19. The maximum Gasteiger partial charge on any atom is 0.118 e. The van der Waals surface area contributed by atoms with E-state index in [2.05, 4.69) is 24.9 Å². The standard InChI is InChI=1S/C16H28N2O/c1-4-14-7-5-6-10-16(14,12-17)18(3)11-15-9-8-13(2)19-15/h8-9,14H,4-7,10-12,17H2,1-3H3. The van der Waals surface area contributed by atoms with E-state index in [1.165, 1.54) is 32.1 Å². The number of aryl methyl sites for hydroxylation is 1. The van der Waals surface area contributed by atoms with Crippen LogP contribution in [0.15, 0.2) is 16.5 Å². The molecule has 2 unspecified atom stereocenters. The lowest BCUT2D eigenvalue weighted by molar-refractivity contribution is 0.0136. The summed E-state index contributed by atoms with van der Waals surface area (Å²) in [6, 6.07) is 4.12. The smallest absolute Gasteiger partial charge is 0.118 e. The lowest BCUT2D eigenvalue weighted by Crippen LogP contribution is -2.58. The molecule has 0 amide bonds. The topological polar surface area (TPSA) is 42.4 Å². The van der Waals surface area contributed by atoms with Gasteiger partial charge in [-0.2, -0.15) is 0 Å². The summed E-state index contributed by atoms with van der Waals surface area (Å²) >= 11 is 0. The van der Waals surface area contributed by atoms with E-state index in [0.717, 1.165) is 24.6 Å². The van der Waals surface area contributed by atoms with Gasteiger partial charge >= 0.3 is 0 Å². The fraction of sp³-hybridized carbons (Fsp3) is 0.750. The van der Waals surface area contributed by atoms with Crippen molar-refractivity contribution in [2.45, 2.75) is 58.0 Å². The molecule has 2 rings (SSSR count). The van der Waals surface area contributed by atoms with E-state index in [9.17, 15) is 0 Å². The molecule has 19 heavy (non-hydrogen) atoms. The highest BCUT2D eigenvalue weighted by molar-refractivity contribution is 5.07. The van der Waals surface area contributed by atoms with Crippen LogP contribution in [0.25, 0.3) is 0 Å². The Kier molecular flexibility index (Phi) is 4.69. The largest absolute Gasteiger partial charge is 0.465 e. The minimum atomic E-state index is 0.160. The molecule has 0 bridgehead atoms. The van der Waals surface area contributed by atoms with Gasteiger partial charge in [-0.3, -0.25) is 4.90 Å². The Balaban J connectivity index is 2.14. The number of nitrogens with zero attached hydrogens (tertiary/aromatic N) is 1. The van der Waals surface area contributed by atoms with Crippen molar-refractivity contribution in [2.24, 2.45) is 11.7 Å². The first-order valence-corrected chi connectivity index (χ1v) is 7.59. The van der Waals surface area contributed by atoms with Crippen LogP contribution in [0.4, 0.5) is 0 Å². The fourth-order valence-corrected chi connectivity index (χ4v) is 3.77. The van der Waals surface area contributed by atoms with Crippen LogP contribution in [0.5, 0.6) is 0 Å². The Morgan fingerprint density at radius 3 is 2.79 bits per heavy atom. The van der Waals surface area contributed by atoms with Gasteiger partial charge in [0.2, 0.25) is 0 Å². The summed E-state index contributed by atoms with van der Waals surface area (Å²) < 4.78 is 5.72. The summed E-state index contributed by atoms with van der Waals surface area (Å²) in [6.45, 7) is 5.91. The molecular weight excluding hydrogens is 236 g/mol. The first kappa shape index (κ1) is 14.6. The van der Waals surface area contributed by atoms with E-state index in [0.29, 0.717) is 5.92 Å². The molecule has 3 heteroatoms. The van der Waals surface area contributed by atoms with Crippen LogP contribution in [0, 0.1) is 12.8 Å². The van der Waals surface area contributed by atoms with Crippen LogP contribution in [0.1, 0.15) is 50.5 Å². The predicted molar refractivity (Wildman–Crippen MR) is 78.9 cm³/mol. The van der Waals surface area contributed by atoms with Gasteiger partial charge in [-0.05, 0) is 44.9 Å². The summed E-state index contributed by atoms with van der Waals surface area (Å²) in [5.74, 6) is 2.75. The Morgan fingerprint density at radius 2 is 2.21 bits per heavy atom. The van der Waals surface area contributed by atoms with Gasteiger partial charge in [0, 0.05) is 12.1 Å². The molecule has 1 aliphatic rings. The third-order valence-electron chi connectivity index (χ3n) is 4.97. The Labute approximate surface area is 117 Å². The average Bonchev–Trinajstić information content (AvgIpc) is 2.83. The van der Waals surface area contributed by atoms with Gasteiger partial charge in [-0.25, -0.2) is 0 Å². The Bertz CT molecular complexity index is 401. The van der Waals surface area contributed by atoms with Gasteiger partial charge in [0.1, 0.15) is 11.5 Å². The first-order chi connectivity index (χ1) is 9.12. The SMILES string of the molecule is CCC1CCCCC1(CN)N(C)Cc1ccc(C)o1. The molecule has 1 heterocycles. The van der Waals surface area contributed by atoms with Gasteiger partial charge in [-0.15, -0.1) is 0 Å². The summed E-state index contributed by atoms with van der Waals surface area (Å²) in [7, 11) is 2.21. The number of hydrogen-bond donors (Lipinski definition) is 1. The zero-order valence-electron chi connectivity index (χ0n) is 12.6. The molecule has 1 fully saturated rings. The minimum Gasteiger partial charge on any atom is -0.465 e. The van der Waals surface area contributed by atoms with Crippen LogP contribution >= 0.6 is 0 Å². The van der Waals surface area contributed by atoms with E-state index in [1.807, 2.05) is 13.0 Å². The second kappa shape index (κ2) is 6.10. The molecule has 0 spiro atoms. The molecular formula is C16H28N2O. The van der Waals surface area contributed by atoms with Crippen LogP contribution in [0.2, 0.25) is 0 Å². The van der Waals surface area contributed by atoms with Gasteiger partial charge in [0.15, 0.2) is 0 Å². The minimum absolute atomic E-state index is 0.160. The molecule has 1 aromatic heterocycles. The first-order valence-electron chi connectivity index (χ1n) is 7.59. The van der Waals surface area contributed by atoms with Crippen molar-refractivity contribution >= 4 is 0 Å². The predicted octanol–water partition coefficient (Wildman–Crippen LogP) is 3.32. The maximum absolute atomic E-state index is 6.19. The monoisotopic (exact) mass is 264 g/mol. The van der Waals surface area contributed by atoms with E-state index >= 15 is 0 Å². The molecule has 0 radical (unpaired) electrons. The van der Waals surface area contributed by atoms with Crippen LogP contribution in [0.3, 0.4) is 0 Å². The van der Waals surface area contributed by atoms with Crippen molar-refractivity contribution in [3.63, 3.8) is 0 Å². The number of rotatable bonds is 5. The normalized spacial score (nSPS) is 27.9.